The Kier molecular flexibility index (Phi) is 6.52. The number of carbonyl (C=O) groups excluding carboxylic acids is 1. The van der Waals surface area contributed by atoms with Crippen molar-refractivity contribution in [2.75, 3.05) is 24.7 Å². The number of carbonyl (C=O) groups is 1. The Labute approximate surface area is 207 Å². The fraction of sp³-hybridized carbons (Fsp3) is 0.185. The molecule has 0 bridgehead atoms. The number of halogens is 1. The maximum absolute atomic E-state index is 12.7. The van der Waals surface area contributed by atoms with Crippen LogP contribution in [0.15, 0.2) is 72.1 Å². The average molecular weight is 491 g/mol. The molecule has 1 aliphatic rings. The summed E-state index contributed by atoms with van der Waals surface area (Å²) in [6.07, 6.45) is 0.705. The summed E-state index contributed by atoms with van der Waals surface area (Å²) in [5.74, 6) is 1.48. The van der Waals surface area contributed by atoms with Crippen LogP contribution in [0.3, 0.4) is 0 Å². The van der Waals surface area contributed by atoms with Crippen LogP contribution in [0, 0.1) is 6.92 Å². The van der Waals surface area contributed by atoms with Gasteiger partial charge in [0.2, 0.25) is 0 Å². The van der Waals surface area contributed by atoms with E-state index in [1.165, 1.54) is 0 Å². The van der Waals surface area contributed by atoms with Gasteiger partial charge in [0.1, 0.15) is 16.5 Å². The molecule has 1 amide bonds. The number of thiazole rings is 1. The van der Waals surface area contributed by atoms with E-state index in [2.05, 4.69) is 0 Å². The zero-order valence-corrected chi connectivity index (χ0v) is 20.2. The summed E-state index contributed by atoms with van der Waals surface area (Å²) in [5.41, 5.74) is 4.59. The SMILES string of the molecule is Cc1cccc(OCCCN2C(=O)COc3ccc(-c4csc(-c5ccccc5Cl)n4)cc32)c1. The average Bonchev–Trinajstić information content (AvgIpc) is 3.33. The zero-order chi connectivity index (χ0) is 23.5. The predicted molar refractivity (Wildman–Crippen MR) is 137 cm³/mol. The maximum atomic E-state index is 12.7. The van der Waals surface area contributed by atoms with Crippen LogP contribution in [-0.4, -0.2) is 30.6 Å². The van der Waals surface area contributed by atoms with Crippen LogP contribution in [-0.2, 0) is 4.79 Å². The van der Waals surface area contributed by atoms with Gasteiger partial charge in [-0.25, -0.2) is 4.98 Å². The molecule has 0 aliphatic carbocycles. The molecular formula is C27H23ClN2O3S. The monoisotopic (exact) mass is 490 g/mol. The van der Waals surface area contributed by atoms with Crippen molar-refractivity contribution in [3.05, 3.63) is 82.7 Å². The van der Waals surface area contributed by atoms with Crippen molar-refractivity contribution in [1.29, 1.82) is 0 Å². The Morgan fingerprint density at radius 2 is 2.00 bits per heavy atom. The minimum absolute atomic E-state index is 0.0401. The minimum atomic E-state index is -0.0600. The molecule has 172 valence electrons. The van der Waals surface area contributed by atoms with Gasteiger partial charge < -0.3 is 14.4 Å². The molecule has 0 fully saturated rings. The molecule has 0 saturated carbocycles. The summed E-state index contributed by atoms with van der Waals surface area (Å²) in [5, 5.41) is 3.54. The smallest absolute Gasteiger partial charge is 0.265 e. The standard InChI is InChI=1S/C27H23ClN2O3S/c1-18-6-4-7-20(14-18)32-13-5-12-30-24-15-19(10-11-25(24)33-16-26(30)31)23-17-34-27(29-23)21-8-2-3-9-22(21)28/h2-4,6-11,14-15,17H,5,12-13,16H2,1H3. The quantitative estimate of drug-likeness (QED) is 0.273. The van der Waals surface area contributed by atoms with Crippen LogP contribution >= 0.6 is 22.9 Å². The van der Waals surface area contributed by atoms with E-state index in [-0.39, 0.29) is 12.5 Å². The Bertz CT molecular complexity index is 1340. The minimum Gasteiger partial charge on any atom is -0.494 e. The molecule has 0 atom stereocenters. The second kappa shape index (κ2) is 9.87. The molecule has 7 heteroatoms. The zero-order valence-electron chi connectivity index (χ0n) is 18.7. The maximum Gasteiger partial charge on any atom is 0.265 e. The van der Waals surface area contributed by atoms with Gasteiger partial charge in [0.05, 0.1) is 23.0 Å². The van der Waals surface area contributed by atoms with Crippen molar-refractivity contribution < 1.29 is 14.3 Å². The summed E-state index contributed by atoms with van der Waals surface area (Å²) in [4.78, 5) is 19.2. The molecule has 0 N–H and O–H groups in total. The van der Waals surface area contributed by atoms with E-state index in [1.54, 1.807) is 16.2 Å². The molecule has 0 radical (unpaired) electrons. The number of hydrogen-bond donors (Lipinski definition) is 0. The van der Waals surface area contributed by atoms with E-state index in [0.29, 0.717) is 30.3 Å². The number of aromatic nitrogens is 1. The van der Waals surface area contributed by atoms with E-state index in [1.807, 2.05) is 79.0 Å². The second-order valence-electron chi connectivity index (χ2n) is 8.05. The first-order valence-corrected chi connectivity index (χ1v) is 12.3. The van der Waals surface area contributed by atoms with Crippen molar-refractivity contribution in [1.82, 2.24) is 4.98 Å². The van der Waals surface area contributed by atoms with Crippen LogP contribution in [0.1, 0.15) is 12.0 Å². The normalized spacial score (nSPS) is 12.9. The van der Waals surface area contributed by atoms with Crippen LogP contribution in [0.5, 0.6) is 11.5 Å². The Hall–Kier alpha value is -3.35. The van der Waals surface area contributed by atoms with Gasteiger partial charge in [-0.05, 0) is 55.3 Å². The van der Waals surface area contributed by atoms with Crippen molar-refractivity contribution in [2.24, 2.45) is 0 Å². The summed E-state index contributed by atoms with van der Waals surface area (Å²) < 4.78 is 11.5. The molecular weight excluding hydrogens is 468 g/mol. The highest BCUT2D eigenvalue weighted by Crippen LogP contribution is 2.38. The largest absolute Gasteiger partial charge is 0.494 e. The van der Waals surface area contributed by atoms with Gasteiger partial charge in [0.25, 0.3) is 5.91 Å². The summed E-state index contributed by atoms with van der Waals surface area (Å²) in [6.45, 7) is 3.15. The first-order valence-electron chi connectivity index (χ1n) is 11.1. The first-order chi connectivity index (χ1) is 16.6. The van der Waals surface area contributed by atoms with Crippen molar-refractivity contribution >= 4 is 34.5 Å². The van der Waals surface area contributed by atoms with Crippen molar-refractivity contribution in [2.45, 2.75) is 13.3 Å². The van der Waals surface area contributed by atoms with Gasteiger partial charge in [0, 0.05) is 23.1 Å². The molecule has 0 unspecified atom stereocenters. The molecule has 1 aliphatic heterocycles. The van der Waals surface area contributed by atoms with Crippen LogP contribution in [0.2, 0.25) is 5.02 Å². The van der Waals surface area contributed by atoms with Gasteiger partial charge in [0.15, 0.2) is 6.61 Å². The lowest BCUT2D eigenvalue weighted by molar-refractivity contribution is -0.121. The Morgan fingerprint density at radius 1 is 1.12 bits per heavy atom. The molecule has 0 spiro atoms. The lowest BCUT2D eigenvalue weighted by Crippen LogP contribution is -2.39. The number of aryl methyl sites for hydroxylation is 1. The van der Waals surface area contributed by atoms with E-state index >= 15 is 0 Å². The highest BCUT2D eigenvalue weighted by atomic mass is 35.5. The topological polar surface area (TPSA) is 51.7 Å². The van der Waals surface area contributed by atoms with Gasteiger partial charge >= 0.3 is 0 Å². The second-order valence-corrected chi connectivity index (χ2v) is 9.32. The number of fused-ring (bicyclic) bond motifs is 1. The van der Waals surface area contributed by atoms with E-state index in [0.717, 1.165) is 38.8 Å². The van der Waals surface area contributed by atoms with Crippen molar-refractivity contribution in [3.8, 4) is 33.3 Å². The highest BCUT2D eigenvalue weighted by Gasteiger charge is 2.26. The summed E-state index contributed by atoms with van der Waals surface area (Å²) in [6, 6.07) is 21.5. The fourth-order valence-corrected chi connectivity index (χ4v) is 5.04. The lowest BCUT2D eigenvalue weighted by Gasteiger charge is -2.29. The lowest BCUT2D eigenvalue weighted by atomic mass is 10.1. The highest BCUT2D eigenvalue weighted by molar-refractivity contribution is 7.13. The molecule has 5 nitrogen and oxygen atoms in total. The fourth-order valence-electron chi connectivity index (χ4n) is 3.89. The summed E-state index contributed by atoms with van der Waals surface area (Å²) in [7, 11) is 0. The number of ether oxygens (including phenoxy) is 2. The number of benzene rings is 3. The Morgan fingerprint density at radius 3 is 2.85 bits per heavy atom. The van der Waals surface area contributed by atoms with E-state index in [4.69, 9.17) is 26.1 Å². The Balaban J connectivity index is 1.33. The van der Waals surface area contributed by atoms with E-state index < -0.39 is 0 Å². The molecule has 5 rings (SSSR count). The van der Waals surface area contributed by atoms with E-state index in [9.17, 15) is 4.79 Å². The third-order valence-corrected chi connectivity index (χ3v) is 6.80. The summed E-state index contributed by atoms with van der Waals surface area (Å²) >= 11 is 7.89. The predicted octanol–water partition coefficient (Wildman–Crippen LogP) is 6.63. The number of anilines is 1. The van der Waals surface area contributed by atoms with Crippen LogP contribution in [0.25, 0.3) is 21.8 Å². The van der Waals surface area contributed by atoms with Gasteiger partial charge in [-0.2, -0.15) is 0 Å². The number of hydrogen-bond acceptors (Lipinski definition) is 5. The molecule has 34 heavy (non-hydrogen) atoms. The molecule has 1 aromatic heterocycles. The third-order valence-electron chi connectivity index (χ3n) is 5.59. The molecule has 3 aromatic carbocycles. The van der Waals surface area contributed by atoms with Gasteiger partial charge in [-0.3, -0.25) is 4.79 Å². The number of nitrogens with zero attached hydrogens (tertiary/aromatic N) is 2. The number of amides is 1. The first kappa shape index (κ1) is 22.4. The molecule has 4 aromatic rings. The van der Waals surface area contributed by atoms with Gasteiger partial charge in [-0.1, -0.05) is 41.9 Å². The van der Waals surface area contributed by atoms with Crippen LogP contribution in [0.4, 0.5) is 5.69 Å². The van der Waals surface area contributed by atoms with Crippen molar-refractivity contribution in [3.63, 3.8) is 0 Å². The third kappa shape index (κ3) is 4.79. The molecule has 0 saturated heterocycles. The molecule has 2 heterocycles. The van der Waals surface area contributed by atoms with Crippen LogP contribution < -0.4 is 14.4 Å². The van der Waals surface area contributed by atoms with Gasteiger partial charge in [-0.15, -0.1) is 11.3 Å². The number of rotatable bonds is 7.